The van der Waals surface area contributed by atoms with Gasteiger partial charge in [-0.1, -0.05) is 27.7 Å². The van der Waals surface area contributed by atoms with E-state index in [9.17, 15) is 4.79 Å². The summed E-state index contributed by atoms with van der Waals surface area (Å²) in [4.78, 5) is 10.8. The second-order valence-electron chi connectivity index (χ2n) is 5.82. The number of ether oxygens (including phenoxy) is 1. The highest BCUT2D eigenvalue weighted by Gasteiger charge is 2.18. The monoisotopic (exact) mass is 286 g/mol. The van der Waals surface area contributed by atoms with Gasteiger partial charge < -0.3 is 9.15 Å². The molecule has 0 N–H and O–H groups in total. The standard InChI is InChI=1S/C18H22O3/c1-11(2)15-8-13(17-7-6-14(10-19)21-17)9-16(12(3)4)18(15)20-5/h6-12H,1-5H3. The zero-order valence-corrected chi connectivity index (χ0v) is 13.3. The Labute approximate surface area is 125 Å². The summed E-state index contributed by atoms with van der Waals surface area (Å²) in [5.41, 5.74) is 3.29. The van der Waals surface area contributed by atoms with Crippen molar-refractivity contribution in [2.75, 3.05) is 7.11 Å². The molecule has 0 saturated heterocycles. The molecular formula is C18H22O3. The number of methoxy groups -OCH3 is 1. The summed E-state index contributed by atoms with van der Waals surface area (Å²) >= 11 is 0. The topological polar surface area (TPSA) is 39.4 Å². The van der Waals surface area contributed by atoms with E-state index in [1.807, 2.05) is 6.07 Å². The van der Waals surface area contributed by atoms with Gasteiger partial charge in [-0.2, -0.15) is 0 Å². The van der Waals surface area contributed by atoms with Crippen molar-refractivity contribution < 1.29 is 13.9 Å². The van der Waals surface area contributed by atoms with Gasteiger partial charge in [-0.15, -0.1) is 0 Å². The number of aldehydes is 1. The first-order valence-electron chi connectivity index (χ1n) is 7.25. The Kier molecular flexibility index (Phi) is 4.51. The van der Waals surface area contributed by atoms with E-state index in [2.05, 4.69) is 39.8 Å². The van der Waals surface area contributed by atoms with Crippen molar-refractivity contribution >= 4 is 6.29 Å². The van der Waals surface area contributed by atoms with Crippen molar-refractivity contribution in [1.29, 1.82) is 0 Å². The normalized spacial score (nSPS) is 11.2. The summed E-state index contributed by atoms with van der Waals surface area (Å²) < 4.78 is 11.2. The molecule has 0 aliphatic heterocycles. The third-order valence-electron chi connectivity index (χ3n) is 3.62. The molecule has 0 aliphatic rings. The van der Waals surface area contributed by atoms with E-state index < -0.39 is 0 Å². The van der Waals surface area contributed by atoms with Crippen LogP contribution in [0.1, 0.15) is 61.2 Å². The molecule has 1 heterocycles. The van der Waals surface area contributed by atoms with Gasteiger partial charge in [0.05, 0.1) is 7.11 Å². The molecule has 1 aromatic heterocycles. The third kappa shape index (κ3) is 3.02. The Morgan fingerprint density at radius 2 is 1.62 bits per heavy atom. The van der Waals surface area contributed by atoms with Gasteiger partial charge in [-0.25, -0.2) is 0 Å². The number of carbonyl (C=O) groups is 1. The highest BCUT2D eigenvalue weighted by molar-refractivity contribution is 5.73. The van der Waals surface area contributed by atoms with E-state index in [1.165, 1.54) is 0 Å². The van der Waals surface area contributed by atoms with Gasteiger partial charge >= 0.3 is 0 Å². The maximum Gasteiger partial charge on any atom is 0.185 e. The molecule has 112 valence electrons. The average Bonchev–Trinajstić information content (AvgIpc) is 2.94. The first kappa shape index (κ1) is 15.4. The molecule has 0 bridgehead atoms. The Morgan fingerprint density at radius 1 is 1.05 bits per heavy atom. The lowest BCUT2D eigenvalue weighted by Crippen LogP contribution is -2.01. The SMILES string of the molecule is COc1c(C(C)C)cc(-c2ccc(C=O)o2)cc1C(C)C. The smallest absolute Gasteiger partial charge is 0.185 e. The molecule has 0 fully saturated rings. The van der Waals surface area contributed by atoms with Crippen molar-refractivity contribution in [1.82, 2.24) is 0 Å². The van der Waals surface area contributed by atoms with Gasteiger partial charge in [0, 0.05) is 5.56 Å². The van der Waals surface area contributed by atoms with Crippen molar-refractivity contribution in [3.63, 3.8) is 0 Å². The predicted octanol–water partition coefficient (Wildman–Crippen LogP) is 5.01. The average molecular weight is 286 g/mol. The Balaban J connectivity index is 2.64. The summed E-state index contributed by atoms with van der Waals surface area (Å²) in [5, 5.41) is 0. The summed E-state index contributed by atoms with van der Waals surface area (Å²) in [6.45, 7) is 8.57. The van der Waals surface area contributed by atoms with Crippen molar-refractivity contribution in [3.05, 3.63) is 41.2 Å². The lowest BCUT2D eigenvalue weighted by molar-refractivity contribution is 0.110. The lowest BCUT2D eigenvalue weighted by Gasteiger charge is -2.19. The zero-order chi connectivity index (χ0) is 15.6. The Morgan fingerprint density at radius 3 is 2.00 bits per heavy atom. The van der Waals surface area contributed by atoms with E-state index >= 15 is 0 Å². The van der Waals surface area contributed by atoms with E-state index in [0.29, 0.717) is 23.4 Å². The van der Waals surface area contributed by atoms with Crippen LogP contribution in [0.4, 0.5) is 0 Å². The van der Waals surface area contributed by atoms with Crippen LogP contribution in [0.2, 0.25) is 0 Å². The fourth-order valence-corrected chi connectivity index (χ4v) is 2.48. The molecule has 2 aromatic rings. The lowest BCUT2D eigenvalue weighted by atomic mass is 9.91. The second-order valence-corrected chi connectivity index (χ2v) is 5.82. The number of furan rings is 1. The van der Waals surface area contributed by atoms with Crippen LogP contribution in [0, 0.1) is 0 Å². The van der Waals surface area contributed by atoms with Crippen LogP contribution >= 0.6 is 0 Å². The van der Waals surface area contributed by atoms with E-state index in [1.54, 1.807) is 13.2 Å². The molecule has 0 amide bonds. The van der Waals surface area contributed by atoms with Crippen LogP contribution in [0.25, 0.3) is 11.3 Å². The van der Waals surface area contributed by atoms with Gasteiger partial charge in [0.25, 0.3) is 0 Å². The first-order valence-corrected chi connectivity index (χ1v) is 7.25. The molecule has 3 nitrogen and oxygen atoms in total. The first-order chi connectivity index (χ1) is 9.97. The van der Waals surface area contributed by atoms with E-state index in [-0.39, 0.29) is 0 Å². The maximum atomic E-state index is 10.8. The summed E-state index contributed by atoms with van der Waals surface area (Å²) in [6, 6.07) is 7.70. The molecule has 0 radical (unpaired) electrons. The largest absolute Gasteiger partial charge is 0.496 e. The van der Waals surface area contributed by atoms with Crippen molar-refractivity contribution in [2.45, 2.75) is 39.5 Å². The molecule has 0 saturated carbocycles. The number of rotatable bonds is 5. The van der Waals surface area contributed by atoms with Gasteiger partial charge in [0.1, 0.15) is 11.5 Å². The number of carbonyl (C=O) groups excluding carboxylic acids is 1. The Bertz CT molecular complexity index is 607. The quantitative estimate of drug-likeness (QED) is 0.725. The minimum Gasteiger partial charge on any atom is -0.496 e. The number of benzene rings is 1. The van der Waals surface area contributed by atoms with Crippen LogP contribution in [0.15, 0.2) is 28.7 Å². The molecule has 1 aromatic carbocycles. The van der Waals surface area contributed by atoms with Crippen LogP contribution < -0.4 is 4.74 Å². The van der Waals surface area contributed by atoms with Crippen LogP contribution in [-0.2, 0) is 0 Å². The molecule has 0 spiro atoms. The molecule has 2 rings (SSSR count). The van der Waals surface area contributed by atoms with Crippen molar-refractivity contribution in [3.8, 4) is 17.1 Å². The zero-order valence-electron chi connectivity index (χ0n) is 13.3. The molecule has 3 heteroatoms. The minimum atomic E-state index is 0.345. The summed E-state index contributed by atoms with van der Waals surface area (Å²) in [5.74, 6) is 2.70. The molecule has 0 aliphatic carbocycles. The minimum absolute atomic E-state index is 0.345. The molecular weight excluding hydrogens is 264 g/mol. The molecule has 0 atom stereocenters. The van der Waals surface area contributed by atoms with Gasteiger partial charge in [-0.3, -0.25) is 4.79 Å². The fraction of sp³-hybridized carbons (Fsp3) is 0.389. The van der Waals surface area contributed by atoms with Crippen LogP contribution in [-0.4, -0.2) is 13.4 Å². The van der Waals surface area contributed by atoms with Gasteiger partial charge in [0.2, 0.25) is 0 Å². The highest BCUT2D eigenvalue weighted by Crippen LogP contribution is 2.38. The molecule has 0 unspecified atom stereocenters. The summed E-state index contributed by atoms with van der Waals surface area (Å²) in [6.07, 6.45) is 0.722. The summed E-state index contributed by atoms with van der Waals surface area (Å²) in [7, 11) is 1.71. The third-order valence-corrected chi connectivity index (χ3v) is 3.62. The Hall–Kier alpha value is -2.03. The number of hydrogen-bond acceptors (Lipinski definition) is 3. The predicted molar refractivity (Wildman–Crippen MR) is 84.3 cm³/mol. The van der Waals surface area contributed by atoms with Gasteiger partial charge in [0.15, 0.2) is 12.0 Å². The maximum absolute atomic E-state index is 10.8. The molecule has 21 heavy (non-hydrogen) atoms. The van der Waals surface area contributed by atoms with Crippen LogP contribution in [0.3, 0.4) is 0 Å². The fourth-order valence-electron chi connectivity index (χ4n) is 2.48. The highest BCUT2D eigenvalue weighted by atomic mass is 16.5. The number of hydrogen-bond donors (Lipinski definition) is 0. The van der Waals surface area contributed by atoms with Crippen molar-refractivity contribution in [2.24, 2.45) is 0 Å². The van der Waals surface area contributed by atoms with E-state index in [0.717, 1.165) is 28.7 Å². The van der Waals surface area contributed by atoms with Crippen LogP contribution in [0.5, 0.6) is 5.75 Å². The van der Waals surface area contributed by atoms with E-state index in [4.69, 9.17) is 9.15 Å². The second kappa shape index (κ2) is 6.17. The van der Waals surface area contributed by atoms with Gasteiger partial charge in [-0.05, 0) is 47.2 Å².